The minimum absolute atomic E-state index is 0.0230. The minimum atomic E-state index is -0.408. The topological polar surface area (TPSA) is 99.9 Å². The van der Waals surface area contributed by atoms with E-state index in [0.29, 0.717) is 43.5 Å². The Hall–Kier alpha value is -2.38. The number of carbonyl (C=O) groups excluding carboxylic acids is 2. The molecule has 0 fully saturated rings. The summed E-state index contributed by atoms with van der Waals surface area (Å²) >= 11 is 0. The van der Waals surface area contributed by atoms with Gasteiger partial charge in [0.05, 0.1) is 26.7 Å². The Morgan fingerprint density at radius 1 is 1.13 bits per heavy atom. The van der Waals surface area contributed by atoms with E-state index < -0.39 is 5.97 Å². The second-order valence-corrected chi connectivity index (χ2v) is 7.31. The van der Waals surface area contributed by atoms with Crippen LogP contribution in [0.2, 0.25) is 0 Å². The zero-order valence-electron chi connectivity index (χ0n) is 18.4. The van der Waals surface area contributed by atoms with Gasteiger partial charge in [-0.25, -0.2) is 0 Å². The first kappa shape index (κ1) is 25.7. The first-order valence-electron chi connectivity index (χ1n) is 10.5. The third-order valence-corrected chi connectivity index (χ3v) is 4.20. The molecule has 7 nitrogen and oxygen atoms in total. The molecule has 0 bridgehead atoms. The average molecular weight is 421 g/mol. The number of allylic oxidation sites excluding steroid dienone is 2. The highest BCUT2D eigenvalue weighted by Gasteiger charge is 2.11. The second-order valence-electron chi connectivity index (χ2n) is 7.31. The maximum absolute atomic E-state index is 12.0. The highest BCUT2D eigenvalue weighted by Crippen LogP contribution is 2.28. The number of nitrogens with two attached hydrogens (primary N) is 1. The lowest BCUT2D eigenvalue weighted by Gasteiger charge is -2.12. The number of unbranched alkanes of at least 4 members (excludes halogenated alkanes) is 2. The third-order valence-electron chi connectivity index (χ3n) is 4.20. The molecular formula is C23H36N2O5. The summed E-state index contributed by atoms with van der Waals surface area (Å²) in [4.78, 5) is 23.9. The van der Waals surface area contributed by atoms with Crippen LogP contribution in [-0.2, 0) is 20.9 Å². The van der Waals surface area contributed by atoms with Crippen LogP contribution in [0.1, 0.15) is 51.5 Å². The summed E-state index contributed by atoms with van der Waals surface area (Å²) < 4.78 is 15.8. The van der Waals surface area contributed by atoms with Gasteiger partial charge in [-0.3, -0.25) is 9.59 Å². The number of hydrogen-bond acceptors (Lipinski definition) is 6. The van der Waals surface area contributed by atoms with Gasteiger partial charge in [0, 0.05) is 19.5 Å². The smallest absolute Gasteiger partial charge is 0.313 e. The maximum Gasteiger partial charge on any atom is 0.313 e. The lowest BCUT2D eigenvalue weighted by molar-refractivity contribution is -0.135. The number of amides is 1. The van der Waals surface area contributed by atoms with Gasteiger partial charge in [0.1, 0.15) is 0 Å². The summed E-state index contributed by atoms with van der Waals surface area (Å²) in [6, 6.07) is 5.22. The largest absolute Gasteiger partial charge is 0.493 e. The number of benzene rings is 1. The van der Waals surface area contributed by atoms with Crippen LogP contribution in [0.4, 0.5) is 0 Å². The number of rotatable bonds is 15. The molecule has 168 valence electrons. The van der Waals surface area contributed by atoms with E-state index in [1.807, 2.05) is 0 Å². The van der Waals surface area contributed by atoms with E-state index in [1.165, 1.54) is 7.11 Å². The predicted octanol–water partition coefficient (Wildman–Crippen LogP) is 3.35. The molecule has 0 aliphatic heterocycles. The van der Waals surface area contributed by atoms with E-state index in [9.17, 15) is 9.59 Å². The van der Waals surface area contributed by atoms with Gasteiger partial charge in [0.2, 0.25) is 5.91 Å². The standard InChI is InChI=1S/C23H36N2O5/c1-18(2)8-6-4-5-7-9-22(26)25-17-19-10-11-20(21(16-19)28-3)30-23(27)12-14-29-15-13-24/h6,8,10-11,16,18H,4-5,7,9,12-15,17,24H2,1-3H3,(H,25,26)/b8-6+. The lowest BCUT2D eigenvalue weighted by atomic mass is 10.1. The number of methoxy groups -OCH3 is 1. The van der Waals surface area contributed by atoms with Crippen molar-refractivity contribution in [3.63, 3.8) is 0 Å². The molecule has 3 N–H and O–H groups in total. The number of ether oxygens (including phenoxy) is 3. The summed E-state index contributed by atoms with van der Waals surface area (Å²) in [6.07, 6.45) is 7.87. The molecule has 0 aliphatic carbocycles. The number of esters is 1. The quantitative estimate of drug-likeness (QED) is 0.195. The van der Waals surface area contributed by atoms with Gasteiger partial charge < -0.3 is 25.3 Å². The summed E-state index contributed by atoms with van der Waals surface area (Å²) in [7, 11) is 1.51. The van der Waals surface area contributed by atoms with Crippen LogP contribution in [0.25, 0.3) is 0 Å². The molecule has 0 radical (unpaired) electrons. The van der Waals surface area contributed by atoms with E-state index >= 15 is 0 Å². The Morgan fingerprint density at radius 2 is 1.93 bits per heavy atom. The van der Waals surface area contributed by atoms with Gasteiger partial charge in [0.15, 0.2) is 11.5 Å². The Morgan fingerprint density at radius 3 is 2.63 bits per heavy atom. The Balaban J connectivity index is 2.39. The molecule has 30 heavy (non-hydrogen) atoms. The van der Waals surface area contributed by atoms with Crippen molar-refractivity contribution in [1.82, 2.24) is 5.32 Å². The van der Waals surface area contributed by atoms with Crippen LogP contribution in [0.15, 0.2) is 30.4 Å². The summed E-state index contributed by atoms with van der Waals surface area (Å²) in [5, 5.41) is 2.91. The molecule has 7 heteroatoms. The highest BCUT2D eigenvalue weighted by atomic mass is 16.6. The van der Waals surface area contributed by atoms with Crippen LogP contribution in [0.5, 0.6) is 11.5 Å². The Bertz CT molecular complexity index is 674. The van der Waals surface area contributed by atoms with Crippen molar-refractivity contribution in [2.45, 2.75) is 52.5 Å². The number of nitrogens with one attached hydrogen (secondary N) is 1. The van der Waals surface area contributed by atoms with Crippen molar-refractivity contribution < 1.29 is 23.8 Å². The van der Waals surface area contributed by atoms with Gasteiger partial charge in [-0.2, -0.15) is 0 Å². The van der Waals surface area contributed by atoms with Crippen molar-refractivity contribution in [1.29, 1.82) is 0 Å². The molecule has 1 aromatic carbocycles. The molecule has 0 heterocycles. The fourth-order valence-corrected chi connectivity index (χ4v) is 2.63. The zero-order chi connectivity index (χ0) is 22.2. The maximum atomic E-state index is 12.0. The molecule has 1 amide bonds. The van der Waals surface area contributed by atoms with Crippen LogP contribution in [0, 0.1) is 5.92 Å². The van der Waals surface area contributed by atoms with Crippen molar-refractivity contribution in [3.05, 3.63) is 35.9 Å². The third kappa shape index (κ3) is 11.6. The fraction of sp³-hybridized carbons (Fsp3) is 0.565. The van der Waals surface area contributed by atoms with E-state index in [4.69, 9.17) is 19.9 Å². The van der Waals surface area contributed by atoms with Gasteiger partial charge in [-0.05, 0) is 42.9 Å². The van der Waals surface area contributed by atoms with Gasteiger partial charge in [-0.1, -0.05) is 32.1 Å². The molecule has 0 aliphatic rings. The van der Waals surface area contributed by atoms with Crippen LogP contribution in [0.3, 0.4) is 0 Å². The van der Waals surface area contributed by atoms with Gasteiger partial charge in [0.25, 0.3) is 0 Å². The monoisotopic (exact) mass is 420 g/mol. The van der Waals surface area contributed by atoms with Gasteiger partial charge in [-0.15, -0.1) is 0 Å². The lowest BCUT2D eigenvalue weighted by Crippen LogP contribution is -2.22. The van der Waals surface area contributed by atoms with E-state index in [0.717, 1.165) is 24.8 Å². The number of carbonyl (C=O) groups is 2. The average Bonchev–Trinajstić information content (AvgIpc) is 2.72. The molecular weight excluding hydrogens is 384 g/mol. The molecule has 0 saturated heterocycles. The van der Waals surface area contributed by atoms with Crippen molar-refractivity contribution >= 4 is 11.9 Å². The second kappa shape index (κ2) is 15.5. The molecule has 0 unspecified atom stereocenters. The summed E-state index contributed by atoms with van der Waals surface area (Å²) in [6.45, 7) is 5.77. The van der Waals surface area contributed by atoms with Crippen LogP contribution < -0.4 is 20.5 Å². The van der Waals surface area contributed by atoms with E-state index in [-0.39, 0.29) is 18.9 Å². The van der Waals surface area contributed by atoms with E-state index in [2.05, 4.69) is 31.3 Å². The van der Waals surface area contributed by atoms with Crippen LogP contribution >= 0.6 is 0 Å². The summed E-state index contributed by atoms with van der Waals surface area (Å²) in [5.74, 6) is 0.959. The van der Waals surface area contributed by atoms with Crippen LogP contribution in [-0.4, -0.2) is 38.7 Å². The first-order chi connectivity index (χ1) is 14.5. The Kier molecular flexibility index (Phi) is 13.2. The van der Waals surface area contributed by atoms with Crippen molar-refractivity contribution in [2.75, 3.05) is 26.9 Å². The van der Waals surface area contributed by atoms with E-state index in [1.54, 1.807) is 18.2 Å². The summed E-state index contributed by atoms with van der Waals surface area (Å²) in [5.41, 5.74) is 6.20. The zero-order valence-corrected chi connectivity index (χ0v) is 18.4. The number of hydrogen-bond donors (Lipinski definition) is 2. The molecule has 0 aromatic heterocycles. The van der Waals surface area contributed by atoms with Gasteiger partial charge >= 0.3 is 5.97 Å². The molecule has 0 atom stereocenters. The Labute approximate surface area is 179 Å². The van der Waals surface area contributed by atoms with Crippen molar-refractivity contribution in [3.8, 4) is 11.5 Å². The molecule has 0 spiro atoms. The fourth-order valence-electron chi connectivity index (χ4n) is 2.63. The predicted molar refractivity (Wildman–Crippen MR) is 117 cm³/mol. The minimum Gasteiger partial charge on any atom is -0.493 e. The van der Waals surface area contributed by atoms with Crippen molar-refractivity contribution in [2.24, 2.45) is 11.7 Å². The molecule has 1 rings (SSSR count). The highest BCUT2D eigenvalue weighted by molar-refractivity contribution is 5.76. The SMILES string of the molecule is COc1cc(CNC(=O)CCCC/C=C/C(C)C)ccc1OC(=O)CCOCCN. The first-order valence-corrected chi connectivity index (χ1v) is 10.5. The molecule has 0 saturated carbocycles. The molecule has 1 aromatic rings. The normalized spacial score (nSPS) is 11.1.